The third-order valence-corrected chi connectivity index (χ3v) is 1.46. The summed E-state index contributed by atoms with van der Waals surface area (Å²) < 4.78 is 0. The number of ketones is 2. The lowest BCUT2D eigenvalue weighted by atomic mass is 9.96. The molecule has 2 nitrogen and oxygen atoms in total. The standard InChI is InChI=1S/C4H4O2S/c5-2-1-3(6)4(2)7/h4,7H,1H2/p-1. The largest absolute Gasteiger partial charge is 0.774 e. The molecule has 7 heavy (non-hydrogen) atoms. The van der Waals surface area contributed by atoms with Crippen molar-refractivity contribution in [2.24, 2.45) is 0 Å². The number of rotatable bonds is 0. The Hall–Kier alpha value is -0.310. The molecular weight excluding hydrogens is 112 g/mol. The Balaban J connectivity index is 2.59. The van der Waals surface area contributed by atoms with Crippen molar-refractivity contribution >= 4 is 24.2 Å². The lowest BCUT2D eigenvalue weighted by Gasteiger charge is -2.27. The van der Waals surface area contributed by atoms with Gasteiger partial charge in [0.25, 0.3) is 0 Å². The number of hydrogen-bond acceptors (Lipinski definition) is 3. The molecule has 0 spiro atoms. The van der Waals surface area contributed by atoms with Crippen molar-refractivity contribution in [3.63, 3.8) is 0 Å². The van der Waals surface area contributed by atoms with E-state index in [0.717, 1.165) is 0 Å². The summed E-state index contributed by atoms with van der Waals surface area (Å²) in [6.45, 7) is 0. The molecule has 0 aromatic heterocycles. The number of Topliss-reactive ketones (excluding diaryl/α,β-unsaturated/α-hetero) is 2. The van der Waals surface area contributed by atoms with Gasteiger partial charge >= 0.3 is 0 Å². The van der Waals surface area contributed by atoms with Gasteiger partial charge in [0.2, 0.25) is 0 Å². The first-order valence-electron chi connectivity index (χ1n) is 1.93. The van der Waals surface area contributed by atoms with Gasteiger partial charge < -0.3 is 22.2 Å². The van der Waals surface area contributed by atoms with Gasteiger partial charge in [-0.3, -0.25) is 0 Å². The highest BCUT2D eigenvalue weighted by molar-refractivity contribution is 7.62. The molecule has 0 bridgehead atoms. The summed E-state index contributed by atoms with van der Waals surface area (Å²) in [6, 6.07) is 0. The first-order chi connectivity index (χ1) is 3.22. The van der Waals surface area contributed by atoms with Crippen molar-refractivity contribution in [2.75, 3.05) is 0 Å². The Kier molecular flexibility index (Phi) is 0.922. The van der Waals surface area contributed by atoms with Gasteiger partial charge in [0.1, 0.15) is 11.6 Å². The molecule has 1 saturated carbocycles. The van der Waals surface area contributed by atoms with E-state index in [4.69, 9.17) is 0 Å². The summed E-state index contributed by atoms with van der Waals surface area (Å²) in [5.74, 6) is -0.194. The zero-order valence-electron chi connectivity index (χ0n) is 3.51. The van der Waals surface area contributed by atoms with Gasteiger partial charge in [0.05, 0.1) is 6.42 Å². The fourth-order valence-electron chi connectivity index (χ4n) is 0.406. The molecule has 0 aromatic carbocycles. The van der Waals surface area contributed by atoms with Crippen LogP contribution in [0.4, 0.5) is 0 Å². The molecule has 1 rings (SSSR count). The normalized spacial score (nSPS) is 22.4. The molecule has 1 fully saturated rings. The van der Waals surface area contributed by atoms with E-state index in [1.54, 1.807) is 0 Å². The topological polar surface area (TPSA) is 34.1 Å². The van der Waals surface area contributed by atoms with Crippen LogP contribution in [-0.2, 0) is 22.2 Å². The summed E-state index contributed by atoms with van der Waals surface area (Å²) >= 11 is 4.41. The highest BCUT2D eigenvalue weighted by atomic mass is 32.1. The first-order valence-corrected chi connectivity index (χ1v) is 2.40. The van der Waals surface area contributed by atoms with Crippen molar-refractivity contribution in [1.82, 2.24) is 0 Å². The van der Waals surface area contributed by atoms with Crippen LogP contribution in [0.3, 0.4) is 0 Å². The van der Waals surface area contributed by atoms with E-state index in [0.29, 0.717) is 0 Å². The second-order valence-electron chi connectivity index (χ2n) is 1.49. The maximum Gasteiger partial charge on any atom is 0.126 e. The third-order valence-electron chi connectivity index (χ3n) is 0.933. The Morgan fingerprint density at radius 2 is 1.86 bits per heavy atom. The lowest BCUT2D eigenvalue weighted by molar-refractivity contribution is -0.136. The molecule has 0 aliphatic heterocycles. The zero-order valence-corrected chi connectivity index (χ0v) is 4.33. The second kappa shape index (κ2) is 1.33. The van der Waals surface area contributed by atoms with Gasteiger partial charge in [-0.2, -0.15) is 0 Å². The number of carbonyl (C=O) groups is 2. The van der Waals surface area contributed by atoms with Gasteiger partial charge in [-0.1, -0.05) is 0 Å². The molecular formula is C4H3O2S-. The number of hydrogen-bond donors (Lipinski definition) is 0. The summed E-state index contributed by atoms with van der Waals surface area (Å²) in [4.78, 5) is 20.2. The highest BCUT2D eigenvalue weighted by Gasteiger charge is 2.26. The van der Waals surface area contributed by atoms with E-state index in [9.17, 15) is 9.59 Å². The Labute approximate surface area is 46.3 Å². The van der Waals surface area contributed by atoms with Crippen LogP contribution < -0.4 is 0 Å². The van der Waals surface area contributed by atoms with Crippen LogP contribution in [0.25, 0.3) is 0 Å². The molecule has 0 amide bonds. The quantitative estimate of drug-likeness (QED) is 0.313. The van der Waals surface area contributed by atoms with Crippen molar-refractivity contribution in [1.29, 1.82) is 0 Å². The third kappa shape index (κ3) is 0.567. The Morgan fingerprint density at radius 3 is 1.86 bits per heavy atom. The van der Waals surface area contributed by atoms with Crippen LogP contribution >= 0.6 is 0 Å². The average molecular weight is 115 g/mol. The van der Waals surface area contributed by atoms with Gasteiger partial charge in [-0.05, 0) is 5.25 Å². The SMILES string of the molecule is O=C1CC(=O)C1[S-]. The van der Waals surface area contributed by atoms with Gasteiger partial charge in [-0.25, -0.2) is 0 Å². The number of carbonyl (C=O) groups excluding carboxylic acids is 2. The summed E-state index contributed by atoms with van der Waals surface area (Å²) in [5, 5.41) is -0.694. The lowest BCUT2D eigenvalue weighted by Crippen LogP contribution is -2.40. The predicted octanol–water partition coefficient (Wildman–Crippen LogP) is -0.556. The van der Waals surface area contributed by atoms with E-state index < -0.39 is 5.25 Å². The van der Waals surface area contributed by atoms with Crippen LogP contribution in [0.15, 0.2) is 0 Å². The second-order valence-corrected chi connectivity index (χ2v) is 1.96. The van der Waals surface area contributed by atoms with Crippen LogP contribution in [-0.4, -0.2) is 16.8 Å². The predicted molar refractivity (Wildman–Crippen MR) is 25.8 cm³/mol. The molecule has 0 aromatic rings. The van der Waals surface area contributed by atoms with Gasteiger partial charge in [0.15, 0.2) is 0 Å². The van der Waals surface area contributed by atoms with Crippen LogP contribution in [0.1, 0.15) is 6.42 Å². The first kappa shape index (κ1) is 4.84. The van der Waals surface area contributed by atoms with Gasteiger partial charge in [-0.15, -0.1) is 0 Å². The average Bonchev–Trinajstić information content (AvgIpc) is 1.68. The maximum atomic E-state index is 10.1. The summed E-state index contributed by atoms with van der Waals surface area (Å²) in [6.07, 6.45) is 0.0775. The molecule has 0 unspecified atom stereocenters. The van der Waals surface area contributed by atoms with E-state index in [1.807, 2.05) is 0 Å². The Morgan fingerprint density at radius 1 is 1.43 bits per heavy atom. The fourth-order valence-corrected chi connectivity index (χ4v) is 0.572. The highest BCUT2D eigenvalue weighted by Crippen LogP contribution is 2.09. The van der Waals surface area contributed by atoms with Crippen LogP contribution in [0.5, 0.6) is 0 Å². The van der Waals surface area contributed by atoms with Crippen molar-refractivity contribution in [3.05, 3.63) is 0 Å². The molecule has 0 radical (unpaired) electrons. The minimum atomic E-state index is -0.694. The van der Waals surface area contributed by atoms with Crippen molar-refractivity contribution in [2.45, 2.75) is 11.7 Å². The smallest absolute Gasteiger partial charge is 0.126 e. The maximum absolute atomic E-state index is 10.1. The van der Waals surface area contributed by atoms with Crippen LogP contribution in [0.2, 0.25) is 0 Å². The molecule has 0 saturated heterocycles. The molecule has 3 heteroatoms. The minimum Gasteiger partial charge on any atom is -0.774 e. The zero-order chi connectivity index (χ0) is 5.44. The van der Waals surface area contributed by atoms with Gasteiger partial charge in [0, 0.05) is 0 Å². The van der Waals surface area contributed by atoms with E-state index in [2.05, 4.69) is 12.6 Å². The van der Waals surface area contributed by atoms with E-state index >= 15 is 0 Å². The monoisotopic (exact) mass is 115 g/mol. The summed E-state index contributed by atoms with van der Waals surface area (Å²) in [5.41, 5.74) is 0. The van der Waals surface area contributed by atoms with E-state index in [-0.39, 0.29) is 18.0 Å². The molecule has 1 aliphatic rings. The summed E-state index contributed by atoms with van der Waals surface area (Å²) in [7, 11) is 0. The fraction of sp³-hybridized carbons (Fsp3) is 0.500. The van der Waals surface area contributed by atoms with Crippen LogP contribution in [0, 0.1) is 0 Å². The molecule has 0 N–H and O–H groups in total. The van der Waals surface area contributed by atoms with E-state index in [1.165, 1.54) is 0 Å². The van der Waals surface area contributed by atoms with Crippen molar-refractivity contribution in [3.8, 4) is 0 Å². The molecule has 1 aliphatic carbocycles. The Bertz CT molecular complexity index is 116. The molecule has 0 heterocycles. The minimum absolute atomic E-state index is 0.0775. The molecule has 0 atom stereocenters. The van der Waals surface area contributed by atoms with Crippen molar-refractivity contribution < 1.29 is 9.59 Å². The molecule has 38 valence electrons.